The van der Waals surface area contributed by atoms with Gasteiger partial charge in [-0.25, -0.2) is 27.9 Å². The van der Waals surface area contributed by atoms with Gasteiger partial charge in [-0.05, 0) is 43.4 Å². The van der Waals surface area contributed by atoms with Gasteiger partial charge in [-0.15, -0.1) is 0 Å². The first-order valence-electron chi connectivity index (χ1n) is 10.00. The second-order valence-electron chi connectivity index (χ2n) is 6.98. The van der Waals surface area contributed by atoms with Crippen molar-refractivity contribution in [1.29, 1.82) is 0 Å². The van der Waals surface area contributed by atoms with Crippen LogP contribution < -0.4 is 20.7 Å². The van der Waals surface area contributed by atoms with Crippen molar-refractivity contribution in [3.63, 3.8) is 0 Å². The molecule has 190 valence electrons. The highest BCUT2D eigenvalue weighted by Gasteiger charge is 2.41. The van der Waals surface area contributed by atoms with Crippen molar-refractivity contribution in [1.82, 2.24) is 14.7 Å². The summed E-state index contributed by atoms with van der Waals surface area (Å²) in [6, 6.07) is 13.8. The fourth-order valence-corrected chi connectivity index (χ4v) is 3.51. The third-order valence-electron chi connectivity index (χ3n) is 4.34. The molecule has 0 atom stereocenters. The molecule has 0 fully saturated rings. The Hall–Kier alpha value is -4.24. The number of hydrogen-bond acceptors (Lipinski definition) is 9. The van der Waals surface area contributed by atoms with Crippen molar-refractivity contribution >= 4 is 50.6 Å². The standard InChI is InChI=1S/C21H19F3N6O5S/c1-25-36(33,34)16-7-3-6-15(9-16)29-18-10-17(26-12-27-18)28-13-4-2-5-14(8-13)30-19(31)11-35-20(32)21(22,23)24/h2-10,12,25H,11H2,1H3,(H,30,31)(H2,26,27,28,29). The number of hydrogen-bond donors (Lipinski definition) is 4. The van der Waals surface area contributed by atoms with Crippen LogP contribution in [0.25, 0.3) is 0 Å². The van der Waals surface area contributed by atoms with Crippen molar-refractivity contribution in [2.75, 3.05) is 29.6 Å². The van der Waals surface area contributed by atoms with Crippen LogP contribution in [0.4, 0.5) is 41.9 Å². The normalized spacial score (nSPS) is 11.4. The molecule has 3 aromatic rings. The minimum absolute atomic E-state index is 0.0643. The Bertz CT molecular complexity index is 1370. The van der Waals surface area contributed by atoms with Gasteiger partial charge >= 0.3 is 12.1 Å². The molecule has 1 heterocycles. The number of sulfonamides is 1. The van der Waals surface area contributed by atoms with E-state index in [4.69, 9.17) is 0 Å². The number of anilines is 5. The maximum absolute atomic E-state index is 12.2. The third-order valence-corrected chi connectivity index (χ3v) is 5.75. The molecule has 36 heavy (non-hydrogen) atoms. The molecular formula is C21H19F3N6O5S. The van der Waals surface area contributed by atoms with Crippen molar-refractivity contribution in [3.8, 4) is 0 Å². The van der Waals surface area contributed by atoms with Crippen LogP contribution in [0, 0.1) is 0 Å². The van der Waals surface area contributed by atoms with Crippen LogP contribution in [0.1, 0.15) is 0 Å². The van der Waals surface area contributed by atoms with Gasteiger partial charge in [0.25, 0.3) is 5.91 Å². The fourth-order valence-electron chi connectivity index (χ4n) is 2.73. The number of carbonyl (C=O) groups is 2. The molecule has 1 aromatic heterocycles. The van der Waals surface area contributed by atoms with E-state index in [-0.39, 0.29) is 10.6 Å². The van der Waals surface area contributed by atoms with Crippen LogP contribution in [0.15, 0.2) is 65.8 Å². The fraction of sp³-hybridized carbons (Fsp3) is 0.143. The Balaban J connectivity index is 1.65. The molecule has 0 bridgehead atoms. The first-order chi connectivity index (χ1) is 17.0. The van der Waals surface area contributed by atoms with Crippen LogP contribution in [-0.4, -0.2) is 50.1 Å². The van der Waals surface area contributed by atoms with Gasteiger partial charge in [-0.3, -0.25) is 4.79 Å². The zero-order valence-electron chi connectivity index (χ0n) is 18.5. The van der Waals surface area contributed by atoms with E-state index in [1.54, 1.807) is 30.3 Å². The number of amides is 1. The predicted octanol–water partition coefficient (Wildman–Crippen LogP) is 2.92. The first-order valence-corrected chi connectivity index (χ1v) is 11.5. The lowest BCUT2D eigenvalue weighted by atomic mass is 10.2. The van der Waals surface area contributed by atoms with Crippen molar-refractivity contribution < 1.29 is 35.9 Å². The average molecular weight is 524 g/mol. The summed E-state index contributed by atoms with van der Waals surface area (Å²) in [5, 5.41) is 8.27. The van der Waals surface area contributed by atoms with Gasteiger partial charge < -0.3 is 20.7 Å². The van der Waals surface area contributed by atoms with E-state index in [0.717, 1.165) is 0 Å². The number of esters is 1. The van der Waals surface area contributed by atoms with Gasteiger partial charge in [0.05, 0.1) is 4.90 Å². The minimum atomic E-state index is -5.19. The topological polar surface area (TPSA) is 151 Å². The molecular weight excluding hydrogens is 505 g/mol. The molecule has 0 aliphatic rings. The SMILES string of the molecule is CNS(=O)(=O)c1cccc(Nc2cc(Nc3cccc(NC(=O)COC(=O)C(F)(F)F)c3)ncn2)c1. The maximum Gasteiger partial charge on any atom is 0.490 e. The Morgan fingerprint density at radius 3 is 2.11 bits per heavy atom. The average Bonchev–Trinajstić information content (AvgIpc) is 2.82. The van der Waals surface area contributed by atoms with E-state index < -0.39 is 34.7 Å². The quantitative estimate of drug-likeness (QED) is 0.310. The molecule has 4 N–H and O–H groups in total. The lowest BCUT2D eigenvalue weighted by Crippen LogP contribution is -2.29. The summed E-state index contributed by atoms with van der Waals surface area (Å²) in [7, 11) is -2.32. The van der Waals surface area contributed by atoms with Gasteiger partial charge in [-0.1, -0.05) is 12.1 Å². The number of alkyl halides is 3. The third kappa shape index (κ3) is 7.38. The number of halogens is 3. The first kappa shape index (κ1) is 26.4. The number of nitrogens with one attached hydrogen (secondary N) is 4. The zero-order chi connectivity index (χ0) is 26.3. The lowest BCUT2D eigenvalue weighted by molar-refractivity contribution is -0.199. The Labute approximate surface area is 203 Å². The Morgan fingerprint density at radius 2 is 1.50 bits per heavy atom. The number of aromatic nitrogens is 2. The maximum atomic E-state index is 12.2. The summed E-state index contributed by atoms with van der Waals surface area (Å²) in [5.74, 6) is -2.73. The second-order valence-corrected chi connectivity index (χ2v) is 8.86. The van der Waals surface area contributed by atoms with E-state index >= 15 is 0 Å². The second kappa shape index (κ2) is 11.0. The summed E-state index contributed by atoms with van der Waals surface area (Å²) >= 11 is 0. The minimum Gasteiger partial charge on any atom is -0.449 e. The van der Waals surface area contributed by atoms with E-state index in [1.807, 2.05) is 0 Å². The largest absolute Gasteiger partial charge is 0.490 e. The number of ether oxygens (including phenoxy) is 1. The van der Waals surface area contributed by atoms with Crippen LogP contribution in [0.5, 0.6) is 0 Å². The van der Waals surface area contributed by atoms with E-state index in [1.165, 1.54) is 37.6 Å². The zero-order valence-corrected chi connectivity index (χ0v) is 19.3. The van der Waals surface area contributed by atoms with Crippen molar-refractivity contribution in [2.24, 2.45) is 0 Å². The van der Waals surface area contributed by atoms with Gasteiger partial charge in [0, 0.05) is 23.1 Å². The molecule has 0 aliphatic heterocycles. The van der Waals surface area contributed by atoms with Crippen molar-refractivity contribution in [2.45, 2.75) is 11.1 Å². The van der Waals surface area contributed by atoms with Gasteiger partial charge in [-0.2, -0.15) is 13.2 Å². The molecule has 15 heteroatoms. The molecule has 0 unspecified atom stereocenters. The monoisotopic (exact) mass is 524 g/mol. The smallest absolute Gasteiger partial charge is 0.449 e. The molecule has 1 amide bonds. The Kier molecular flexibility index (Phi) is 8.06. The summed E-state index contributed by atoms with van der Waals surface area (Å²) in [6.07, 6.45) is -3.93. The molecule has 3 rings (SSSR count). The number of nitrogens with zero attached hydrogens (tertiary/aromatic N) is 2. The highest BCUT2D eigenvalue weighted by molar-refractivity contribution is 7.89. The van der Waals surface area contributed by atoms with Crippen LogP contribution in [0.3, 0.4) is 0 Å². The summed E-state index contributed by atoms with van der Waals surface area (Å²) in [6.45, 7) is -1.10. The van der Waals surface area contributed by atoms with Crippen LogP contribution >= 0.6 is 0 Å². The molecule has 0 radical (unpaired) electrons. The van der Waals surface area contributed by atoms with E-state index in [2.05, 4.69) is 35.4 Å². The van der Waals surface area contributed by atoms with Crippen LogP contribution in [0.2, 0.25) is 0 Å². The highest BCUT2D eigenvalue weighted by Crippen LogP contribution is 2.23. The Morgan fingerprint density at radius 1 is 0.917 bits per heavy atom. The molecule has 0 spiro atoms. The van der Waals surface area contributed by atoms with Gasteiger partial charge in [0.15, 0.2) is 6.61 Å². The van der Waals surface area contributed by atoms with Crippen LogP contribution in [-0.2, 0) is 24.3 Å². The number of carbonyl (C=O) groups excluding carboxylic acids is 2. The number of rotatable bonds is 9. The lowest BCUT2D eigenvalue weighted by Gasteiger charge is -2.11. The highest BCUT2D eigenvalue weighted by atomic mass is 32.2. The summed E-state index contributed by atoms with van der Waals surface area (Å²) in [4.78, 5) is 30.7. The van der Waals surface area contributed by atoms with E-state index in [9.17, 15) is 31.2 Å². The van der Waals surface area contributed by atoms with Crippen molar-refractivity contribution in [3.05, 3.63) is 60.9 Å². The molecule has 11 nitrogen and oxygen atoms in total. The molecule has 0 saturated carbocycles. The summed E-state index contributed by atoms with van der Waals surface area (Å²) < 4.78 is 66.6. The van der Waals surface area contributed by atoms with Gasteiger partial charge in [0.1, 0.15) is 18.0 Å². The predicted molar refractivity (Wildman–Crippen MR) is 123 cm³/mol. The van der Waals surface area contributed by atoms with E-state index in [0.29, 0.717) is 23.0 Å². The molecule has 0 aliphatic carbocycles. The van der Waals surface area contributed by atoms with Gasteiger partial charge in [0.2, 0.25) is 10.0 Å². The summed E-state index contributed by atoms with van der Waals surface area (Å²) in [5.41, 5.74) is 1.15. The molecule has 0 saturated heterocycles. The number of benzene rings is 2. The molecule has 2 aromatic carbocycles.